The lowest BCUT2D eigenvalue weighted by atomic mass is 10.3. The SMILES string of the molecule is NCCCN1C=CN(CCCN)C=C1. The molecule has 0 saturated carbocycles. The number of nitrogens with zero attached hydrogens (tertiary/aromatic N) is 2. The Bertz CT molecular complexity index is 166. The van der Waals surface area contributed by atoms with E-state index < -0.39 is 0 Å². The summed E-state index contributed by atoms with van der Waals surface area (Å²) in [7, 11) is 0. The van der Waals surface area contributed by atoms with E-state index in [0.29, 0.717) is 0 Å². The van der Waals surface area contributed by atoms with E-state index in [1.54, 1.807) is 0 Å². The van der Waals surface area contributed by atoms with Gasteiger partial charge >= 0.3 is 0 Å². The molecule has 0 bridgehead atoms. The predicted molar refractivity (Wildman–Crippen MR) is 59.0 cm³/mol. The summed E-state index contributed by atoms with van der Waals surface area (Å²) >= 11 is 0. The molecule has 1 rings (SSSR count). The lowest BCUT2D eigenvalue weighted by Gasteiger charge is -2.24. The van der Waals surface area contributed by atoms with Gasteiger partial charge in [-0.05, 0) is 25.9 Å². The van der Waals surface area contributed by atoms with Crippen molar-refractivity contribution in [2.45, 2.75) is 12.8 Å². The van der Waals surface area contributed by atoms with Crippen LogP contribution in [0.15, 0.2) is 24.8 Å². The second-order valence-electron chi connectivity index (χ2n) is 3.36. The normalized spacial score (nSPS) is 15.3. The van der Waals surface area contributed by atoms with Gasteiger partial charge in [-0.1, -0.05) is 0 Å². The quantitative estimate of drug-likeness (QED) is 0.639. The number of hydrogen-bond acceptors (Lipinski definition) is 4. The Hall–Kier alpha value is -1.00. The fourth-order valence-electron chi connectivity index (χ4n) is 1.29. The molecule has 0 aromatic heterocycles. The second-order valence-corrected chi connectivity index (χ2v) is 3.36. The Labute approximate surface area is 85.8 Å². The highest BCUT2D eigenvalue weighted by Gasteiger charge is 2.01. The van der Waals surface area contributed by atoms with E-state index in [-0.39, 0.29) is 0 Å². The summed E-state index contributed by atoms with van der Waals surface area (Å²) in [5.41, 5.74) is 10.9. The first-order chi connectivity index (χ1) is 6.86. The molecule has 0 aromatic rings. The van der Waals surface area contributed by atoms with Crippen LogP contribution in [0.3, 0.4) is 0 Å². The lowest BCUT2D eigenvalue weighted by Crippen LogP contribution is -2.23. The molecule has 0 saturated heterocycles. The number of rotatable bonds is 6. The molecular weight excluding hydrogens is 176 g/mol. The molecule has 0 fully saturated rings. The third-order valence-corrected chi connectivity index (χ3v) is 2.14. The van der Waals surface area contributed by atoms with Crippen molar-refractivity contribution in [1.82, 2.24) is 9.80 Å². The molecule has 1 heterocycles. The molecule has 0 aromatic carbocycles. The van der Waals surface area contributed by atoms with Crippen molar-refractivity contribution >= 4 is 0 Å². The van der Waals surface area contributed by atoms with E-state index in [9.17, 15) is 0 Å². The van der Waals surface area contributed by atoms with Crippen molar-refractivity contribution in [3.63, 3.8) is 0 Å². The van der Waals surface area contributed by atoms with Gasteiger partial charge in [0, 0.05) is 37.9 Å². The van der Waals surface area contributed by atoms with Gasteiger partial charge < -0.3 is 21.3 Å². The van der Waals surface area contributed by atoms with Crippen LogP contribution in [0, 0.1) is 0 Å². The molecule has 0 aliphatic carbocycles. The van der Waals surface area contributed by atoms with E-state index in [4.69, 9.17) is 11.5 Å². The van der Waals surface area contributed by atoms with Gasteiger partial charge in [0.2, 0.25) is 0 Å². The van der Waals surface area contributed by atoms with E-state index in [2.05, 4.69) is 34.6 Å². The summed E-state index contributed by atoms with van der Waals surface area (Å²) in [5.74, 6) is 0. The van der Waals surface area contributed by atoms with Crippen LogP contribution in [0.25, 0.3) is 0 Å². The van der Waals surface area contributed by atoms with E-state index in [1.807, 2.05) is 0 Å². The van der Waals surface area contributed by atoms with Crippen molar-refractivity contribution in [3.05, 3.63) is 24.8 Å². The zero-order valence-corrected chi connectivity index (χ0v) is 8.60. The average molecular weight is 196 g/mol. The first-order valence-electron chi connectivity index (χ1n) is 5.15. The Balaban J connectivity index is 2.22. The fourth-order valence-corrected chi connectivity index (χ4v) is 1.29. The molecule has 0 amide bonds. The maximum atomic E-state index is 5.44. The number of nitrogens with two attached hydrogens (primary N) is 2. The topological polar surface area (TPSA) is 58.5 Å². The Morgan fingerprint density at radius 3 is 1.36 bits per heavy atom. The maximum Gasteiger partial charge on any atom is 0.0232 e. The maximum absolute atomic E-state index is 5.44. The Morgan fingerprint density at radius 1 is 0.714 bits per heavy atom. The summed E-state index contributed by atoms with van der Waals surface area (Å²) in [4.78, 5) is 4.29. The molecule has 4 nitrogen and oxygen atoms in total. The predicted octanol–water partition coefficient (Wildman–Crippen LogP) is 0.244. The van der Waals surface area contributed by atoms with Crippen LogP contribution in [-0.4, -0.2) is 36.0 Å². The third kappa shape index (κ3) is 3.81. The zero-order chi connectivity index (χ0) is 10.2. The minimum Gasteiger partial charge on any atom is -0.351 e. The molecular formula is C10H20N4. The summed E-state index contributed by atoms with van der Waals surface area (Å²) < 4.78 is 0. The smallest absolute Gasteiger partial charge is 0.0232 e. The highest BCUT2D eigenvalue weighted by Crippen LogP contribution is 2.05. The van der Waals surface area contributed by atoms with E-state index >= 15 is 0 Å². The van der Waals surface area contributed by atoms with Crippen LogP contribution in [0.2, 0.25) is 0 Å². The van der Waals surface area contributed by atoms with Crippen LogP contribution in [-0.2, 0) is 0 Å². The van der Waals surface area contributed by atoms with Gasteiger partial charge in [-0.15, -0.1) is 0 Å². The van der Waals surface area contributed by atoms with Crippen molar-refractivity contribution in [3.8, 4) is 0 Å². The standard InChI is InChI=1S/C10H20N4/c11-3-1-5-13-7-9-14(10-8-13)6-2-4-12/h7-10H,1-6,11-12H2. The largest absolute Gasteiger partial charge is 0.351 e. The zero-order valence-electron chi connectivity index (χ0n) is 8.60. The molecule has 80 valence electrons. The molecule has 0 spiro atoms. The Kier molecular flexibility index (Phi) is 5.11. The first-order valence-corrected chi connectivity index (χ1v) is 5.15. The van der Waals surface area contributed by atoms with Gasteiger partial charge in [-0.25, -0.2) is 0 Å². The van der Waals surface area contributed by atoms with Crippen molar-refractivity contribution < 1.29 is 0 Å². The highest BCUT2D eigenvalue weighted by atomic mass is 15.2. The monoisotopic (exact) mass is 196 g/mol. The van der Waals surface area contributed by atoms with Gasteiger partial charge in [0.25, 0.3) is 0 Å². The molecule has 4 N–H and O–H groups in total. The van der Waals surface area contributed by atoms with Gasteiger partial charge in [-0.3, -0.25) is 0 Å². The molecule has 0 atom stereocenters. The molecule has 1 aliphatic rings. The first kappa shape index (κ1) is 11.1. The summed E-state index contributed by atoms with van der Waals surface area (Å²) in [5, 5.41) is 0. The fraction of sp³-hybridized carbons (Fsp3) is 0.600. The minimum atomic E-state index is 0.745. The summed E-state index contributed by atoms with van der Waals surface area (Å²) in [6.07, 6.45) is 10.4. The molecule has 14 heavy (non-hydrogen) atoms. The van der Waals surface area contributed by atoms with Crippen LogP contribution in [0.1, 0.15) is 12.8 Å². The van der Waals surface area contributed by atoms with Crippen LogP contribution in [0.5, 0.6) is 0 Å². The lowest BCUT2D eigenvalue weighted by molar-refractivity contribution is 0.413. The van der Waals surface area contributed by atoms with Crippen molar-refractivity contribution in [2.75, 3.05) is 26.2 Å². The number of hydrogen-bond donors (Lipinski definition) is 2. The molecule has 0 radical (unpaired) electrons. The van der Waals surface area contributed by atoms with Crippen molar-refractivity contribution in [2.24, 2.45) is 11.5 Å². The molecule has 1 aliphatic heterocycles. The van der Waals surface area contributed by atoms with Crippen LogP contribution in [0.4, 0.5) is 0 Å². The third-order valence-electron chi connectivity index (χ3n) is 2.14. The highest BCUT2D eigenvalue weighted by molar-refractivity contribution is 5.00. The van der Waals surface area contributed by atoms with E-state index in [1.165, 1.54) is 0 Å². The Morgan fingerprint density at radius 2 is 1.07 bits per heavy atom. The van der Waals surface area contributed by atoms with Gasteiger partial charge in [0.1, 0.15) is 0 Å². The second kappa shape index (κ2) is 6.45. The molecule has 0 unspecified atom stereocenters. The van der Waals surface area contributed by atoms with Gasteiger partial charge in [-0.2, -0.15) is 0 Å². The minimum absolute atomic E-state index is 0.745. The molecule has 4 heteroatoms. The van der Waals surface area contributed by atoms with Crippen LogP contribution < -0.4 is 11.5 Å². The average Bonchev–Trinajstić information content (AvgIpc) is 2.25. The van der Waals surface area contributed by atoms with Gasteiger partial charge in [0.05, 0.1) is 0 Å². The summed E-state index contributed by atoms with van der Waals surface area (Å²) in [6.45, 7) is 3.48. The van der Waals surface area contributed by atoms with Gasteiger partial charge in [0.15, 0.2) is 0 Å². The van der Waals surface area contributed by atoms with Crippen molar-refractivity contribution in [1.29, 1.82) is 0 Å². The summed E-state index contributed by atoms with van der Waals surface area (Å²) in [6, 6.07) is 0. The van der Waals surface area contributed by atoms with Crippen LogP contribution >= 0.6 is 0 Å². The van der Waals surface area contributed by atoms with E-state index in [0.717, 1.165) is 39.0 Å².